The van der Waals surface area contributed by atoms with Crippen LogP contribution < -0.4 is 23.7 Å². The van der Waals surface area contributed by atoms with Gasteiger partial charge in [0, 0.05) is 16.8 Å². The summed E-state index contributed by atoms with van der Waals surface area (Å²) in [5.41, 5.74) is 2.09. The number of Topliss-reactive ketones (excluding diaryl/α,β-unsaturated/α-hetero) is 1. The molecule has 4 aromatic rings. The predicted octanol–water partition coefficient (Wildman–Crippen LogP) is 4.95. The number of thioether (sulfide) groups is 1. The predicted molar refractivity (Wildman–Crippen MR) is 141 cm³/mol. The van der Waals surface area contributed by atoms with Crippen molar-refractivity contribution in [3.8, 4) is 45.8 Å². The van der Waals surface area contributed by atoms with Crippen molar-refractivity contribution >= 4 is 17.5 Å². The number of nitrogens with zero attached hydrogens (tertiary/aromatic N) is 3. The highest BCUT2D eigenvalue weighted by Crippen LogP contribution is 2.41. The zero-order valence-electron chi connectivity index (χ0n) is 21.2. The summed E-state index contributed by atoms with van der Waals surface area (Å²) in [6.07, 6.45) is 0. The molecule has 1 aromatic heterocycles. The molecule has 192 valence electrons. The Labute approximate surface area is 219 Å². The molecule has 37 heavy (non-hydrogen) atoms. The number of ketones is 1. The summed E-state index contributed by atoms with van der Waals surface area (Å²) in [5.74, 6) is 3.55. The average Bonchev–Trinajstić information content (AvgIpc) is 3.39. The van der Waals surface area contributed by atoms with E-state index in [4.69, 9.17) is 23.7 Å². The van der Waals surface area contributed by atoms with Gasteiger partial charge in [0.05, 0.1) is 41.3 Å². The van der Waals surface area contributed by atoms with Crippen molar-refractivity contribution in [3.05, 3.63) is 66.2 Å². The molecule has 0 spiro atoms. The smallest absolute Gasteiger partial charge is 0.203 e. The molecule has 0 bridgehead atoms. The number of methoxy groups -OCH3 is 5. The quantitative estimate of drug-likeness (QED) is 0.201. The molecule has 0 aliphatic rings. The second-order valence-electron chi connectivity index (χ2n) is 7.69. The van der Waals surface area contributed by atoms with Crippen LogP contribution in [0.5, 0.6) is 28.7 Å². The van der Waals surface area contributed by atoms with Crippen molar-refractivity contribution in [2.24, 2.45) is 0 Å². The number of carbonyl (C=O) groups excluding carboxylic acids is 1. The first-order valence-corrected chi connectivity index (χ1v) is 12.2. The van der Waals surface area contributed by atoms with Crippen molar-refractivity contribution in [2.45, 2.75) is 5.16 Å². The molecule has 0 N–H and O–H groups in total. The summed E-state index contributed by atoms with van der Waals surface area (Å²) >= 11 is 1.30. The van der Waals surface area contributed by atoms with Crippen LogP contribution >= 0.6 is 11.8 Å². The van der Waals surface area contributed by atoms with E-state index in [1.165, 1.54) is 11.8 Å². The van der Waals surface area contributed by atoms with Crippen LogP contribution in [0.1, 0.15) is 10.4 Å². The van der Waals surface area contributed by atoms with Crippen LogP contribution in [0.25, 0.3) is 17.1 Å². The fourth-order valence-corrected chi connectivity index (χ4v) is 4.56. The molecule has 0 radical (unpaired) electrons. The van der Waals surface area contributed by atoms with Crippen molar-refractivity contribution in [1.82, 2.24) is 14.8 Å². The third kappa shape index (κ3) is 5.49. The summed E-state index contributed by atoms with van der Waals surface area (Å²) in [6.45, 7) is 0. The van der Waals surface area contributed by atoms with Crippen LogP contribution in [-0.4, -0.2) is 61.8 Å². The molecular weight excluding hydrogens is 494 g/mol. The summed E-state index contributed by atoms with van der Waals surface area (Å²) in [7, 11) is 7.86. The zero-order chi connectivity index (χ0) is 26.4. The van der Waals surface area contributed by atoms with E-state index >= 15 is 0 Å². The molecule has 0 unspecified atom stereocenters. The molecule has 4 rings (SSSR count). The van der Waals surface area contributed by atoms with Gasteiger partial charge in [-0.25, -0.2) is 0 Å². The van der Waals surface area contributed by atoms with Gasteiger partial charge < -0.3 is 23.7 Å². The first kappa shape index (κ1) is 25.9. The molecule has 0 aliphatic heterocycles. The van der Waals surface area contributed by atoms with Gasteiger partial charge in [-0.3, -0.25) is 9.36 Å². The normalized spacial score (nSPS) is 10.6. The molecule has 3 aromatic carbocycles. The minimum Gasteiger partial charge on any atom is -0.497 e. The summed E-state index contributed by atoms with van der Waals surface area (Å²) in [4.78, 5) is 12.9. The standard InChI is InChI=1S/C27H27N3O6S/c1-32-20-10-6-17(7-11-20)22(31)16-37-27-29-28-26(30(27)19-8-12-21(33-2)13-9-19)18-14-23(34-3)25(36-5)24(15-18)35-4/h6-15H,16H2,1-5H3. The third-order valence-electron chi connectivity index (χ3n) is 5.63. The van der Waals surface area contributed by atoms with Gasteiger partial charge >= 0.3 is 0 Å². The maximum Gasteiger partial charge on any atom is 0.203 e. The Kier molecular flexibility index (Phi) is 8.19. The number of hydrogen-bond donors (Lipinski definition) is 0. The second kappa shape index (κ2) is 11.7. The molecule has 1 heterocycles. The molecule has 0 saturated heterocycles. The molecule has 9 nitrogen and oxygen atoms in total. The molecule has 0 saturated carbocycles. The molecule has 10 heteroatoms. The van der Waals surface area contributed by atoms with E-state index in [9.17, 15) is 4.79 Å². The van der Waals surface area contributed by atoms with Crippen LogP contribution in [0.2, 0.25) is 0 Å². The lowest BCUT2D eigenvalue weighted by atomic mass is 10.1. The largest absolute Gasteiger partial charge is 0.497 e. The second-order valence-corrected chi connectivity index (χ2v) is 8.64. The number of benzene rings is 3. The lowest BCUT2D eigenvalue weighted by Crippen LogP contribution is -2.05. The van der Waals surface area contributed by atoms with Gasteiger partial charge in [0.1, 0.15) is 11.5 Å². The fraction of sp³-hybridized carbons (Fsp3) is 0.222. The van der Waals surface area contributed by atoms with E-state index in [2.05, 4.69) is 10.2 Å². The Bertz CT molecular complexity index is 1350. The minimum atomic E-state index is -0.0359. The highest BCUT2D eigenvalue weighted by molar-refractivity contribution is 7.99. The Morgan fingerprint density at radius 1 is 0.757 bits per heavy atom. The third-order valence-corrected chi connectivity index (χ3v) is 6.56. The summed E-state index contributed by atoms with van der Waals surface area (Å²) in [6, 6.07) is 18.1. The lowest BCUT2D eigenvalue weighted by Gasteiger charge is -2.15. The first-order valence-electron chi connectivity index (χ1n) is 11.2. The van der Waals surface area contributed by atoms with Gasteiger partial charge in [-0.15, -0.1) is 10.2 Å². The van der Waals surface area contributed by atoms with Gasteiger partial charge in [-0.1, -0.05) is 11.8 Å². The Morgan fingerprint density at radius 3 is 1.84 bits per heavy atom. The molecule has 0 fully saturated rings. The lowest BCUT2D eigenvalue weighted by molar-refractivity contribution is 0.102. The maximum absolute atomic E-state index is 12.9. The Hall–Kier alpha value is -4.18. The highest BCUT2D eigenvalue weighted by atomic mass is 32.2. The average molecular weight is 522 g/mol. The molecule has 0 aliphatic carbocycles. The van der Waals surface area contributed by atoms with E-state index in [1.54, 1.807) is 59.8 Å². The number of rotatable bonds is 11. The van der Waals surface area contributed by atoms with E-state index in [1.807, 2.05) is 41.0 Å². The highest BCUT2D eigenvalue weighted by Gasteiger charge is 2.21. The van der Waals surface area contributed by atoms with Crippen LogP contribution in [0.3, 0.4) is 0 Å². The van der Waals surface area contributed by atoms with Gasteiger partial charge in [0.25, 0.3) is 0 Å². The molecular formula is C27H27N3O6S. The van der Waals surface area contributed by atoms with E-state index < -0.39 is 0 Å². The zero-order valence-corrected chi connectivity index (χ0v) is 22.0. The van der Waals surface area contributed by atoms with E-state index in [0.717, 1.165) is 11.4 Å². The topological polar surface area (TPSA) is 93.9 Å². The van der Waals surface area contributed by atoms with Crippen molar-refractivity contribution in [2.75, 3.05) is 41.3 Å². The maximum atomic E-state index is 12.9. The van der Waals surface area contributed by atoms with Gasteiger partial charge in [-0.05, 0) is 60.7 Å². The van der Waals surface area contributed by atoms with Crippen LogP contribution in [0, 0.1) is 0 Å². The number of ether oxygens (including phenoxy) is 5. The molecule has 0 amide bonds. The van der Waals surface area contributed by atoms with Gasteiger partial charge in [-0.2, -0.15) is 0 Å². The SMILES string of the molecule is COc1ccc(C(=O)CSc2nnc(-c3cc(OC)c(OC)c(OC)c3)n2-c2ccc(OC)cc2)cc1. The van der Waals surface area contributed by atoms with Crippen molar-refractivity contribution < 1.29 is 28.5 Å². The van der Waals surface area contributed by atoms with Crippen LogP contribution in [0.4, 0.5) is 0 Å². The summed E-state index contributed by atoms with van der Waals surface area (Å²) in [5, 5.41) is 9.44. The van der Waals surface area contributed by atoms with Crippen molar-refractivity contribution in [3.63, 3.8) is 0 Å². The van der Waals surface area contributed by atoms with Crippen LogP contribution in [-0.2, 0) is 0 Å². The number of hydrogen-bond acceptors (Lipinski definition) is 9. The first-order chi connectivity index (χ1) is 18.0. The Morgan fingerprint density at radius 2 is 1.32 bits per heavy atom. The minimum absolute atomic E-state index is 0.0359. The number of carbonyl (C=O) groups is 1. The summed E-state index contributed by atoms with van der Waals surface area (Å²) < 4.78 is 28.9. The van der Waals surface area contributed by atoms with Crippen LogP contribution in [0.15, 0.2) is 65.8 Å². The fourth-order valence-electron chi connectivity index (χ4n) is 3.71. The van der Waals surface area contributed by atoms with Gasteiger partial charge in [0.15, 0.2) is 28.3 Å². The number of aromatic nitrogens is 3. The van der Waals surface area contributed by atoms with E-state index in [-0.39, 0.29) is 11.5 Å². The van der Waals surface area contributed by atoms with E-state index in [0.29, 0.717) is 45.1 Å². The Balaban J connectivity index is 1.74. The molecule has 0 atom stereocenters. The van der Waals surface area contributed by atoms with Gasteiger partial charge in [0.2, 0.25) is 5.75 Å². The monoisotopic (exact) mass is 521 g/mol. The van der Waals surface area contributed by atoms with Crippen molar-refractivity contribution in [1.29, 1.82) is 0 Å².